The highest BCUT2D eigenvalue weighted by Gasteiger charge is 2.34. The van der Waals surface area contributed by atoms with Gasteiger partial charge < -0.3 is 5.11 Å². The molecule has 2 unspecified atom stereocenters. The molecule has 1 nitrogen and oxygen atoms in total. The van der Waals surface area contributed by atoms with Crippen molar-refractivity contribution < 1.29 is 9.50 Å². The zero-order chi connectivity index (χ0) is 11.8. The van der Waals surface area contributed by atoms with E-state index in [1.54, 1.807) is 6.07 Å². The van der Waals surface area contributed by atoms with Crippen LogP contribution in [0.4, 0.5) is 4.39 Å². The standard InChI is InChI=1S/C13H16BrFO/c1-13(3-2-12(16)8-13)7-9-4-10(14)6-11(15)5-9/h4-6,12,16H,2-3,7-8H2,1H3. The van der Waals surface area contributed by atoms with E-state index in [4.69, 9.17) is 0 Å². The van der Waals surface area contributed by atoms with Crippen molar-refractivity contribution in [1.82, 2.24) is 0 Å². The summed E-state index contributed by atoms with van der Waals surface area (Å²) >= 11 is 3.30. The van der Waals surface area contributed by atoms with Gasteiger partial charge in [-0.25, -0.2) is 4.39 Å². The van der Waals surface area contributed by atoms with Crippen LogP contribution in [0.5, 0.6) is 0 Å². The Balaban J connectivity index is 2.14. The van der Waals surface area contributed by atoms with Crippen molar-refractivity contribution in [1.29, 1.82) is 0 Å². The van der Waals surface area contributed by atoms with Gasteiger partial charge in [-0.3, -0.25) is 0 Å². The molecule has 2 rings (SSSR count). The fraction of sp³-hybridized carbons (Fsp3) is 0.538. The van der Waals surface area contributed by atoms with E-state index >= 15 is 0 Å². The van der Waals surface area contributed by atoms with Gasteiger partial charge in [0.2, 0.25) is 0 Å². The van der Waals surface area contributed by atoms with Crippen LogP contribution in [-0.2, 0) is 6.42 Å². The molecule has 1 saturated carbocycles. The first kappa shape index (κ1) is 12.1. The highest BCUT2D eigenvalue weighted by molar-refractivity contribution is 9.10. The first-order valence-corrected chi connectivity index (χ1v) is 6.39. The molecule has 0 heterocycles. The lowest BCUT2D eigenvalue weighted by molar-refractivity contribution is 0.163. The van der Waals surface area contributed by atoms with Gasteiger partial charge in [0.05, 0.1) is 6.10 Å². The minimum Gasteiger partial charge on any atom is -0.393 e. The molecule has 1 aliphatic rings. The third-order valence-electron chi connectivity index (χ3n) is 3.36. The minimum atomic E-state index is -0.202. The summed E-state index contributed by atoms with van der Waals surface area (Å²) in [6, 6.07) is 5.01. The van der Waals surface area contributed by atoms with Crippen molar-refractivity contribution in [3.8, 4) is 0 Å². The van der Waals surface area contributed by atoms with E-state index in [-0.39, 0.29) is 17.3 Å². The maximum absolute atomic E-state index is 13.2. The maximum atomic E-state index is 13.2. The van der Waals surface area contributed by atoms with E-state index < -0.39 is 0 Å². The molecular formula is C13H16BrFO. The lowest BCUT2D eigenvalue weighted by Gasteiger charge is -2.23. The molecule has 1 aromatic carbocycles. The molecule has 0 saturated heterocycles. The van der Waals surface area contributed by atoms with Crippen LogP contribution in [0.15, 0.2) is 22.7 Å². The first-order chi connectivity index (χ1) is 7.47. The highest BCUT2D eigenvalue weighted by Crippen LogP contribution is 2.40. The van der Waals surface area contributed by atoms with Gasteiger partial charge in [0.1, 0.15) is 5.82 Å². The molecule has 3 heteroatoms. The molecule has 0 spiro atoms. The number of aliphatic hydroxyl groups excluding tert-OH is 1. The Bertz CT molecular complexity index is 373. The zero-order valence-corrected chi connectivity index (χ0v) is 10.9. The summed E-state index contributed by atoms with van der Waals surface area (Å²) in [7, 11) is 0. The summed E-state index contributed by atoms with van der Waals surface area (Å²) in [6.45, 7) is 2.17. The van der Waals surface area contributed by atoms with Gasteiger partial charge in [-0.05, 0) is 54.9 Å². The van der Waals surface area contributed by atoms with Gasteiger partial charge in [-0.2, -0.15) is 0 Å². The number of hydrogen-bond acceptors (Lipinski definition) is 1. The van der Waals surface area contributed by atoms with E-state index in [0.29, 0.717) is 0 Å². The fourth-order valence-electron chi connectivity index (χ4n) is 2.65. The summed E-state index contributed by atoms with van der Waals surface area (Å²) in [6.07, 6.45) is 3.36. The van der Waals surface area contributed by atoms with E-state index in [0.717, 1.165) is 35.7 Å². The Hall–Kier alpha value is -0.410. The Morgan fingerprint density at radius 3 is 2.81 bits per heavy atom. The summed E-state index contributed by atoms with van der Waals surface area (Å²) in [5.41, 5.74) is 1.12. The van der Waals surface area contributed by atoms with E-state index in [1.807, 2.05) is 6.07 Å². The Morgan fingerprint density at radius 1 is 1.50 bits per heavy atom. The Kier molecular flexibility index (Phi) is 3.36. The van der Waals surface area contributed by atoms with Crippen LogP contribution in [0.3, 0.4) is 0 Å². The number of aliphatic hydroxyl groups is 1. The number of rotatable bonds is 2. The van der Waals surface area contributed by atoms with Crippen LogP contribution in [0.2, 0.25) is 0 Å². The van der Waals surface area contributed by atoms with E-state index in [9.17, 15) is 9.50 Å². The molecule has 1 aliphatic carbocycles. The molecule has 0 aromatic heterocycles. The zero-order valence-electron chi connectivity index (χ0n) is 9.34. The minimum absolute atomic E-state index is 0.118. The van der Waals surface area contributed by atoms with Gasteiger partial charge in [-0.1, -0.05) is 22.9 Å². The highest BCUT2D eigenvalue weighted by atomic mass is 79.9. The van der Waals surface area contributed by atoms with Gasteiger partial charge in [-0.15, -0.1) is 0 Å². The summed E-state index contributed by atoms with van der Waals surface area (Å²) in [5, 5.41) is 9.57. The molecule has 0 radical (unpaired) electrons. The van der Waals surface area contributed by atoms with Crippen molar-refractivity contribution >= 4 is 15.9 Å². The molecule has 1 fully saturated rings. The van der Waals surface area contributed by atoms with Crippen LogP contribution in [0.1, 0.15) is 31.7 Å². The normalized spacial score (nSPS) is 29.6. The molecule has 1 N–H and O–H groups in total. The van der Waals surface area contributed by atoms with Crippen molar-refractivity contribution in [3.63, 3.8) is 0 Å². The maximum Gasteiger partial charge on any atom is 0.124 e. The van der Waals surface area contributed by atoms with Gasteiger partial charge >= 0.3 is 0 Å². The molecule has 0 amide bonds. The van der Waals surface area contributed by atoms with E-state index in [2.05, 4.69) is 22.9 Å². The molecule has 0 aliphatic heterocycles. The van der Waals surface area contributed by atoms with Crippen molar-refractivity contribution in [2.45, 2.75) is 38.7 Å². The van der Waals surface area contributed by atoms with Gasteiger partial charge in [0, 0.05) is 4.47 Å². The smallest absolute Gasteiger partial charge is 0.124 e. The predicted molar refractivity (Wildman–Crippen MR) is 65.8 cm³/mol. The van der Waals surface area contributed by atoms with Crippen LogP contribution in [0.25, 0.3) is 0 Å². The van der Waals surface area contributed by atoms with E-state index in [1.165, 1.54) is 6.07 Å². The van der Waals surface area contributed by atoms with Crippen LogP contribution >= 0.6 is 15.9 Å². The second kappa shape index (κ2) is 4.46. The van der Waals surface area contributed by atoms with Crippen LogP contribution in [0, 0.1) is 11.2 Å². The second-order valence-corrected chi connectivity index (χ2v) is 6.08. The second-order valence-electron chi connectivity index (χ2n) is 5.16. The topological polar surface area (TPSA) is 20.2 Å². The third kappa shape index (κ3) is 2.83. The predicted octanol–water partition coefficient (Wildman–Crippen LogP) is 3.68. The summed E-state index contributed by atoms with van der Waals surface area (Å²) < 4.78 is 14.0. The lowest BCUT2D eigenvalue weighted by atomic mass is 9.82. The van der Waals surface area contributed by atoms with Crippen molar-refractivity contribution in [2.24, 2.45) is 5.41 Å². The van der Waals surface area contributed by atoms with Crippen molar-refractivity contribution in [2.75, 3.05) is 0 Å². The number of halogens is 2. The fourth-order valence-corrected chi connectivity index (χ4v) is 3.17. The van der Waals surface area contributed by atoms with Crippen LogP contribution in [-0.4, -0.2) is 11.2 Å². The number of hydrogen-bond donors (Lipinski definition) is 1. The SMILES string of the molecule is CC1(Cc2cc(F)cc(Br)c2)CCC(O)C1. The molecule has 1 aromatic rings. The summed E-state index contributed by atoms with van der Waals surface area (Å²) in [4.78, 5) is 0. The Morgan fingerprint density at radius 2 is 2.25 bits per heavy atom. The molecule has 0 bridgehead atoms. The number of benzene rings is 1. The third-order valence-corrected chi connectivity index (χ3v) is 3.82. The van der Waals surface area contributed by atoms with Gasteiger partial charge in [0.15, 0.2) is 0 Å². The quantitative estimate of drug-likeness (QED) is 0.879. The monoisotopic (exact) mass is 286 g/mol. The van der Waals surface area contributed by atoms with Crippen LogP contribution < -0.4 is 0 Å². The average molecular weight is 287 g/mol. The van der Waals surface area contributed by atoms with Crippen molar-refractivity contribution in [3.05, 3.63) is 34.1 Å². The Labute approximate surface area is 104 Å². The summed E-state index contributed by atoms with van der Waals surface area (Å²) in [5.74, 6) is -0.202. The molecular weight excluding hydrogens is 271 g/mol. The van der Waals surface area contributed by atoms with Gasteiger partial charge in [0.25, 0.3) is 0 Å². The molecule has 16 heavy (non-hydrogen) atoms. The molecule has 2 atom stereocenters. The lowest BCUT2D eigenvalue weighted by Crippen LogP contribution is -2.16. The first-order valence-electron chi connectivity index (χ1n) is 5.60. The molecule has 88 valence electrons. The average Bonchev–Trinajstić information content (AvgIpc) is 2.43. The largest absolute Gasteiger partial charge is 0.393 e.